The first kappa shape index (κ1) is 6.53. The normalized spacial score (nSPS) is 56.7. The Kier molecular flexibility index (Phi) is 1.57. The SMILES string of the molecule is SC1[C@H]2CCC[C@@H]1C2Br. The summed E-state index contributed by atoms with van der Waals surface area (Å²) in [7, 11) is 0. The summed E-state index contributed by atoms with van der Waals surface area (Å²) >= 11 is 8.23. The molecule has 3 aliphatic carbocycles. The summed E-state index contributed by atoms with van der Waals surface area (Å²) in [5.74, 6) is 1.79. The summed E-state index contributed by atoms with van der Waals surface area (Å²) in [6.07, 6.45) is 4.25. The minimum atomic E-state index is 0.725. The smallest absolute Gasteiger partial charge is 0.0223 e. The van der Waals surface area contributed by atoms with Crippen LogP contribution in [-0.4, -0.2) is 10.1 Å². The lowest BCUT2D eigenvalue weighted by atomic mass is 9.64. The predicted molar refractivity (Wildman–Crippen MR) is 46.3 cm³/mol. The van der Waals surface area contributed by atoms with Crippen molar-refractivity contribution in [1.29, 1.82) is 0 Å². The van der Waals surface area contributed by atoms with E-state index in [-0.39, 0.29) is 0 Å². The zero-order chi connectivity index (χ0) is 6.43. The highest BCUT2D eigenvalue weighted by Gasteiger charge is 2.48. The van der Waals surface area contributed by atoms with Crippen LogP contribution in [0.2, 0.25) is 0 Å². The average molecular weight is 207 g/mol. The van der Waals surface area contributed by atoms with Gasteiger partial charge in [0, 0.05) is 10.1 Å². The van der Waals surface area contributed by atoms with Gasteiger partial charge in [0.05, 0.1) is 0 Å². The minimum absolute atomic E-state index is 0.725. The number of hydrogen-bond acceptors (Lipinski definition) is 1. The van der Waals surface area contributed by atoms with E-state index in [2.05, 4.69) is 28.6 Å². The maximum Gasteiger partial charge on any atom is 0.0223 e. The highest BCUT2D eigenvalue weighted by atomic mass is 79.9. The molecule has 0 aromatic rings. The first-order valence-corrected chi connectivity index (χ1v) is 5.06. The third-order valence-electron chi connectivity index (χ3n) is 2.77. The van der Waals surface area contributed by atoms with Crippen LogP contribution in [0.4, 0.5) is 0 Å². The van der Waals surface area contributed by atoms with Gasteiger partial charge >= 0.3 is 0 Å². The summed E-state index contributed by atoms with van der Waals surface area (Å²) < 4.78 is 0. The van der Waals surface area contributed by atoms with E-state index in [1.165, 1.54) is 19.3 Å². The topological polar surface area (TPSA) is 0 Å². The van der Waals surface area contributed by atoms with Crippen LogP contribution in [0.1, 0.15) is 19.3 Å². The van der Waals surface area contributed by atoms with E-state index in [1.807, 2.05) is 0 Å². The Morgan fingerprint density at radius 2 is 1.78 bits per heavy atom. The highest BCUT2D eigenvalue weighted by Crippen LogP contribution is 2.52. The molecule has 3 fully saturated rings. The Morgan fingerprint density at radius 3 is 2.00 bits per heavy atom. The van der Waals surface area contributed by atoms with E-state index in [0.717, 1.165) is 21.9 Å². The molecule has 0 N–H and O–H groups in total. The molecule has 3 saturated carbocycles. The van der Waals surface area contributed by atoms with E-state index >= 15 is 0 Å². The lowest BCUT2D eigenvalue weighted by Gasteiger charge is -2.51. The average Bonchev–Trinajstić information content (AvgIpc) is 1.91. The molecule has 0 radical (unpaired) electrons. The Morgan fingerprint density at radius 1 is 1.22 bits per heavy atom. The fourth-order valence-corrected chi connectivity index (χ4v) is 4.44. The van der Waals surface area contributed by atoms with Crippen molar-refractivity contribution in [1.82, 2.24) is 0 Å². The Balaban J connectivity index is 2.08. The first-order valence-electron chi connectivity index (χ1n) is 3.63. The van der Waals surface area contributed by atoms with Crippen molar-refractivity contribution in [3.05, 3.63) is 0 Å². The van der Waals surface area contributed by atoms with Crippen LogP contribution >= 0.6 is 28.6 Å². The van der Waals surface area contributed by atoms with Gasteiger partial charge in [-0.1, -0.05) is 22.4 Å². The van der Waals surface area contributed by atoms with Crippen LogP contribution in [0.5, 0.6) is 0 Å². The molecular formula is C7H11BrS. The largest absolute Gasteiger partial charge is 0.175 e. The molecule has 0 aromatic heterocycles. The van der Waals surface area contributed by atoms with Gasteiger partial charge in [-0.3, -0.25) is 0 Å². The van der Waals surface area contributed by atoms with Crippen molar-refractivity contribution >= 4 is 28.6 Å². The quantitative estimate of drug-likeness (QED) is 0.458. The van der Waals surface area contributed by atoms with Gasteiger partial charge in [-0.2, -0.15) is 12.6 Å². The molecule has 4 atom stereocenters. The van der Waals surface area contributed by atoms with Gasteiger partial charge < -0.3 is 0 Å². The maximum atomic E-state index is 4.54. The van der Waals surface area contributed by atoms with Crippen LogP contribution in [0.15, 0.2) is 0 Å². The van der Waals surface area contributed by atoms with Crippen molar-refractivity contribution in [2.75, 3.05) is 0 Å². The second-order valence-corrected chi connectivity index (χ2v) is 4.85. The number of halogens is 1. The molecule has 2 unspecified atom stereocenters. The molecule has 0 aliphatic heterocycles. The second-order valence-electron chi connectivity index (χ2n) is 3.19. The number of thiol groups is 1. The number of hydrogen-bond donors (Lipinski definition) is 1. The molecule has 0 aromatic carbocycles. The molecule has 0 amide bonds. The fourth-order valence-electron chi connectivity index (χ4n) is 2.12. The molecule has 2 heteroatoms. The zero-order valence-corrected chi connectivity index (χ0v) is 7.74. The minimum Gasteiger partial charge on any atom is -0.175 e. The van der Waals surface area contributed by atoms with Crippen LogP contribution in [0, 0.1) is 11.8 Å². The van der Waals surface area contributed by atoms with E-state index in [1.54, 1.807) is 0 Å². The van der Waals surface area contributed by atoms with Gasteiger partial charge in [-0.25, -0.2) is 0 Å². The van der Waals surface area contributed by atoms with Gasteiger partial charge in [0.15, 0.2) is 0 Å². The van der Waals surface area contributed by atoms with Gasteiger partial charge in [-0.15, -0.1) is 0 Å². The summed E-state index contributed by atoms with van der Waals surface area (Å²) in [5, 5.41) is 0.725. The summed E-state index contributed by atoms with van der Waals surface area (Å²) in [6, 6.07) is 0. The maximum absolute atomic E-state index is 4.54. The van der Waals surface area contributed by atoms with E-state index in [0.29, 0.717) is 0 Å². The second kappa shape index (κ2) is 2.16. The van der Waals surface area contributed by atoms with Gasteiger partial charge in [0.1, 0.15) is 0 Å². The van der Waals surface area contributed by atoms with Crippen molar-refractivity contribution in [2.45, 2.75) is 29.3 Å². The van der Waals surface area contributed by atoms with Gasteiger partial charge in [-0.05, 0) is 24.7 Å². The Bertz CT molecular complexity index is 104. The highest BCUT2D eigenvalue weighted by molar-refractivity contribution is 9.09. The van der Waals surface area contributed by atoms with E-state index in [9.17, 15) is 0 Å². The molecule has 2 bridgehead atoms. The summed E-state index contributed by atoms with van der Waals surface area (Å²) in [6.45, 7) is 0. The molecule has 0 saturated heterocycles. The molecule has 52 valence electrons. The number of fused-ring (bicyclic) bond motifs is 2. The van der Waals surface area contributed by atoms with Crippen molar-refractivity contribution in [2.24, 2.45) is 11.8 Å². The molecule has 9 heavy (non-hydrogen) atoms. The summed E-state index contributed by atoms with van der Waals surface area (Å²) in [5.41, 5.74) is 0. The molecule has 3 aliphatic rings. The molecule has 3 rings (SSSR count). The van der Waals surface area contributed by atoms with Crippen LogP contribution < -0.4 is 0 Å². The van der Waals surface area contributed by atoms with Crippen molar-refractivity contribution in [3.63, 3.8) is 0 Å². The third-order valence-corrected chi connectivity index (χ3v) is 4.89. The van der Waals surface area contributed by atoms with Crippen LogP contribution in [0.3, 0.4) is 0 Å². The first-order chi connectivity index (χ1) is 4.30. The third kappa shape index (κ3) is 0.790. The zero-order valence-electron chi connectivity index (χ0n) is 5.26. The van der Waals surface area contributed by atoms with E-state index in [4.69, 9.17) is 0 Å². The molecule has 0 nitrogen and oxygen atoms in total. The Labute approximate surface area is 69.9 Å². The molecule has 0 heterocycles. The van der Waals surface area contributed by atoms with Gasteiger partial charge in [0.25, 0.3) is 0 Å². The van der Waals surface area contributed by atoms with Gasteiger partial charge in [0.2, 0.25) is 0 Å². The van der Waals surface area contributed by atoms with E-state index < -0.39 is 0 Å². The monoisotopic (exact) mass is 206 g/mol. The number of rotatable bonds is 0. The lowest BCUT2D eigenvalue weighted by molar-refractivity contribution is 0.147. The fraction of sp³-hybridized carbons (Fsp3) is 1.00. The van der Waals surface area contributed by atoms with Crippen LogP contribution in [-0.2, 0) is 0 Å². The lowest BCUT2D eigenvalue weighted by Crippen LogP contribution is -2.52. The van der Waals surface area contributed by atoms with Crippen LogP contribution in [0.25, 0.3) is 0 Å². The predicted octanol–water partition coefficient (Wildman–Crippen LogP) is 2.48. The summed E-state index contributed by atoms with van der Waals surface area (Å²) in [4.78, 5) is 0.814. The van der Waals surface area contributed by atoms with Crippen molar-refractivity contribution < 1.29 is 0 Å². The Hall–Kier alpha value is 0.830. The number of alkyl halides is 1. The van der Waals surface area contributed by atoms with Crippen molar-refractivity contribution in [3.8, 4) is 0 Å². The molecular weight excluding hydrogens is 196 g/mol. The molecule has 0 spiro atoms. The standard InChI is InChI=1S/C7H11BrS/c8-6-4-2-1-3-5(6)7(4)9/h4-7,9H,1-3H2/t4-,5+,6?,7?.